The van der Waals surface area contributed by atoms with Gasteiger partial charge >= 0.3 is 0 Å². The zero-order valence-corrected chi connectivity index (χ0v) is 12.1. The third-order valence-electron chi connectivity index (χ3n) is 3.92. The number of amides is 1. The van der Waals surface area contributed by atoms with Gasteiger partial charge in [-0.2, -0.15) is 0 Å². The minimum Gasteiger partial charge on any atom is -0.496 e. The van der Waals surface area contributed by atoms with Crippen molar-refractivity contribution in [1.29, 1.82) is 0 Å². The van der Waals surface area contributed by atoms with Crippen LogP contribution in [0, 0.1) is 5.92 Å². The van der Waals surface area contributed by atoms with Crippen LogP contribution in [0.3, 0.4) is 0 Å². The van der Waals surface area contributed by atoms with Crippen LogP contribution in [0.1, 0.15) is 36.5 Å². The molecule has 0 saturated carbocycles. The van der Waals surface area contributed by atoms with Crippen LogP contribution in [0.15, 0.2) is 24.3 Å². The van der Waals surface area contributed by atoms with Gasteiger partial charge in [-0.15, -0.1) is 0 Å². The average molecular weight is 275 g/mol. The molecule has 4 nitrogen and oxygen atoms in total. The first-order valence-electron chi connectivity index (χ1n) is 7.12. The second kappa shape index (κ2) is 6.55. The van der Waals surface area contributed by atoms with Gasteiger partial charge in [-0.3, -0.25) is 9.59 Å². The summed E-state index contributed by atoms with van der Waals surface area (Å²) in [5, 5.41) is 0. The molecular weight excluding hydrogens is 254 g/mol. The quantitative estimate of drug-likeness (QED) is 0.848. The number of likely N-dealkylation sites (tertiary alicyclic amines) is 1. The summed E-state index contributed by atoms with van der Waals surface area (Å²) in [6.07, 6.45) is 2.13. The van der Waals surface area contributed by atoms with Crippen LogP contribution in [-0.4, -0.2) is 36.8 Å². The molecule has 4 heteroatoms. The zero-order valence-electron chi connectivity index (χ0n) is 12.1. The van der Waals surface area contributed by atoms with Crippen LogP contribution in [0.4, 0.5) is 0 Å². The van der Waals surface area contributed by atoms with Gasteiger partial charge in [0.25, 0.3) is 5.91 Å². The number of piperidine rings is 1. The van der Waals surface area contributed by atoms with E-state index < -0.39 is 0 Å². The van der Waals surface area contributed by atoms with Gasteiger partial charge in [-0.05, 0) is 25.0 Å². The molecule has 0 aromatic heterocycles. The molecule has 1 aliphatic heterocycles. The molecule has 1 amide bonds. The number of carbonyl (C=O) groups excluding carboxylic acids is 2. The lowest BCUT2D eigenvalue weighted by molar-refractivity contribution is -0.123. The van der Waals surface area contributed by atoms with E-state index in [1.165, 1.54) is 0 Å². The monoisotopic (exact) mass is 275 g/mol. The number of rotatable bonds is 4. The van der Waals surface area contributed by atoms with E-state index in [1.54, 1.807) is 19.2 Å². The number of hydrogen-bond donors (Lipinski definition) is 0. The minimum atomic E-state index is -0.00940. The van der Waals surface area contributed by atoms with Crippen LogP contribution in [0.5, 0.6) is 5.75 Å². The minimum absolute atomic E-state index is 0.00940. The van der Waals surface area contributed by atoms with Gasteiger partial charge in [0.1, 0.15) is 11.5 Å². The van der Waals surface area contributed by atoms with E-state index in [1.807, 2.05) is 24.0 Å². The summed E-state index contributed by atoms with van der Waals surface area (Å²) in [4.78, 5) is 26.0. The average Bonchev–Trinajstić information content (AvgIpc) is 2.53. The Morgan fingerprint density at radius 3 is 2.50 bits per heavy atom. The van der Waals surface area contributed by atoms with Gasteiger partial charge in [0.15, 0.2) is 0 Å². The summed E-state index contributed by atoms with van der Waals surface area (Å²) in [5.41, 5.74) is 0.593. The highest BCUT2D eigenvalue weighted by Gasteiger charge is 2.27. The highest BCUT2D eigenvalue weighted by Crippen LogP contribution is 2.24. The van der Waals surface area contributed by atoms with Gasteiger partial charge in [-0.25, -0.2) is 0 Å². The molecule has 0 spiro atoms. The molecule has 1 heterocycles. The maximum absolute atomic E-state index is 12.5. The molecule has 1 fully saturated rings. The molecule has 1 aliphatic rings. The summed E-state index contributed by atoms with van der Waals surface area (Å²) in [7, 11) is 1.57. The van der Waals surface area contributed by atoms with Crippen molar-refractivity contribution in [2.24, 2.45) is 5.92 Å². The highest BCUT2D eigenvalue weighted by atomic mass is 16.5. The van der Waals surface area contributed by atoms with Crippen molar-refractivity contribution < 1.29 is 14.3 Å². The lowest BCUT2D eigenvalue weighted by Crippen LogP contribution is -2.40. The Labute approximate surface area is 119 Å². The first-order valence-corrected chi connectivity index (χ1v) is 7.12. The Hall–Kier alpha value is -1.84. The first-order chi connectivity index (χ1) is 9.67. The highest BCUT2D eigenvalue weighted by molar-refractivity contribution is 5.97. The predicted molar refractivity (Wildman–Crippen MR) is 76.9 cm³/mol. The van der Waals surface area contributed by atoms with Crippen molar-refractivity contribution in [2.75, 3.05) is 20.2 Å². The molecule has 1 aromatic carbocycles. The fraction of sp³-hybridized carbons (Fsp3) is 0.500. The number of hydrogen-bond acceptors (Lipinski definition) is 3. The summed E-state index contributed by atoms with van der Waals surface area (Å²) >= 11 is 0. The normalized spacial score (nSPS) is 16.0. The molecule has 1 saturated heterocycles. The van der Waals surface area contributed by atoms with Crippen LogP contribution in [-0.2, 0) is 4.79 Å². The van der Waals surface area contributed by atoms with Crippen molar-refractivity contribution in [3.63, 3.8) is 0 Å². The van der Waals surface area contributed by atoms with Crippen molar-refractivity contribution in [3.8, 4) is 5.75 Å². The van der Waals surface area contributed by atoms with E-state index in [2.05, 4.69) is 0 Å². The number of para-hydroxylation sites is 1. The Kier molecular flexibility index (Phi) is 4.77. The third-order valence-corrected chi connectivity index (χ3v) is 3.92. The van der Waals surface area contributed by atoms with Crippen molar-refractivity contribution >= 4 is 11.7 Å². The Morgan fingerprint density at radius 2 is 1.90 bits per heavy atom. The predicted octanol–water partition coefficient (Wildman–Crippen LogP) is 2.53. The molecule has 2 rings (SSSR count). The van der Waals surface area contributed by atoms with E-state index in [4.69, 9.17) is 4.74 Å². The molecule has 1 aromatic rings. The lowest BCUT2D eigenvalue weighted by Gasteiger charge is -2.31. The molecule has 0 radical (unpaired) electrons. The Balaban J connectivity index is 2.03. The number of nitrogens with zero attached hydrogens (tertiary/aromatic N) is 1. The summed E-state index contributed by atoms with van der Waals surface area (Å²) in [5.74, 6) is 1.03. The number of Topliss-reactive ketones (excluding diaryl/α,β-unsaturated/α-hetero) is 1. The fourth-order valence-electron chi connectivity index (χ4n) is 2.68. The van der Waals surface area contributed by atoms with Crippen molar-refractivity contribution in [3.05, 3.63) is 29.8 Å². The zero-order chi connectivity index (χ0) is 14.5. The Morgan fingerprint density at radius 1 is 1.25 bits per heavy atom. The number of ketones is 1. The molecule has 0 N–H and O–H groups in total. The van der Waals surface area contributed by atoms with Gasteiger partial charge in [-0.1, -0.05) is 19.1 Å². The summed E-state index contributed by atoms with van der Waals surface area (Å²) in [6, 6.07) is 7.26. The van der Waals surface area contributed by atoms with Crippen LogP contribution in [0.25, 0.3) is 0 Å². The van der Waals surface area contributed by atoms with Crippen molar-refractivity contribution in [1.82, 2.24) is 4.90 Å². The molecular formula is C16H21NO3. The topological polar surface area (TPSA) is 46.6 Å². The molecule has 0 unspecified atom stereocenters. The van der Waals surface area contributed by atoms with Gasteiger partial charge in [0.05, 0.1) is 12.7 Å². The van der Waals surface area contributed by atoms with Gasteiger partial charge in [0, 0.05) is 25.4 Å². The SMILES string of the molecule is CCC(=O)C1CCN(C(=O)c2ccccc2OC)CC1. The van der Waals surface area contributed by atoms with E-state index in [0.717, 1.165) is 12.8 Å². The molecule has 0 bridgehead atoms. The third kappa shape index (κ3) is 3.00. The smallest absolute Gasteiger partial charge is 0.257 e. The van der Waals surface area contributed by atoms with Gasteiger partial charge < -0.3 is 9.64 Å². The molecule has 0 aliphatic carbocycles. The van der Waals surface area contributed by atoms with Crippen LogP contribution >= 0.6 is 0 Å². The molecule has 20 heavy (non-hydrogen) atoms. The summed E-state index contributed by atoms with van der Waals surface area (Å²) in [6.45, 7) is 3.19. The maximum atomic E-state index is 12.5. The molecule has 0 atom stereocenters. The van der Waals surface area contributed by atoms with Crippen molar-refractivity contribution in [2.45, 2.75) is 26.2 Å². The Bertz CT molecular complexity index is 490. The largest absolute Gasteiger partial charge is 0.496 e. The van der Waals surface area contributed by atoms with Crippen LogP contribution < -0.4 is 4.74 Å². The van der Waals surface area contributed by atoms with Gasteiger partial charge in [0.2, 0.25) is 0 Å². The number of carbonyl (C=O) groups is 2. The number of ether oxygens (including phenoxy) is 1. The van der Waals surface area contributed by atoms with E-state index in [0.29, 0.717) is 36.6 Å². The maximum Gasteiger partial charge on any atom is 0.257 e. The second-order valence-electron chi connectivity index (χ2n) is 5.09. The lowest BCUT2D eigenvalue weighted by atomic mass is 9.91. The number of benzene rings is 1. The van der Waals surface area contributed by atoms with E-state index in [-0.39, 0.29) is 11.8 Å². The standard InChI is InChI=1S/C16H21NO3/c1-3-14(18)12-8-10-17(11-9-12)16(19)13-6-4-5-7-15(13)20-2/h4-7,12H,3,8-11H2,1-2H3. The number of methoxy groups -OCH3 is 1. The second-order valence-corrected chi connectivity index (χ2v) is 5.09. The van der Waals surface area contributed by atoms with E-state index >= 15 is 0 Å². The van der Waals surface area contributed by atoms with Crippen LogP contribution in [0.2, 0.25) is 0 Å². The first kappa shape index (κ1) is 14.6. The molecule has 108 valence electrons. The van der Waals surface area contributed by atoms with E-state index in [9.17, 15) is 9.59 Å². The fourth-order valence-corrected chi connectivity index (χ4v) is 2.68. The summed E-state index contributed by atoms with van der Waals surface area (Å²) < 4.78 is 5.23.